The Labute approximate surface area is 117 Å². The molecule has 0 radical (unpaired) electrons. The standard InChI is InChI=1S/C13H19BrN2S/c1-4-9(3)16(5-2)11-8-6-7-10(14)12(11)13(15)17/h6-9H,4-5H2,1-3H3,(H2,15,17). The van der Waals surface area contributed by atoms with Crippen molar-refractivity contribution < 1.29 is 0 Å². The second-order valence-corrected chi connectivity index (χ2v) is 5.34. The lowest BCUT2D eigenvalue weighted by Crippen LogP contribution is -2.34. The lowest BCUT2D eigenvalue weighted by molar-refractivity contribution is 0.629. The SMILES string of the molecule is CCC(C)N(CC)c1cccc(Br)c1C(N)=S. The predicted molar refractivity (Wildman–Crippen MR) is 82.8 cm³/mol. The second kappa shape index (κ2) is 6.36. The second-order valence-electron chi connectivity index (χ2n) is 4.04. The zero-order valence-corrected chi connectivity index (χ0v) is 12.9. The molecule has 2 N–H and O–H groups in total. The molecule has 94 valence electrons. The lowest BCUT2D eigenvalue weighted by Gasteiger charge is -2.31. The highest BCUT2D eigenvalue weighted by atomic mass is 79.9. The Hall–Kier alpha value is -0.610. The fourth-order valence-electron chi connectivity index (χ4n) is 1.94. The molecule has 0 aliphatic rings. The van der Waals surface area contributed by atoms with E-state index in [1.807, 2.05) is 12.1 Å². The van der Waals surface area contributed by atoms with E-state index in [1.54, 1.807) is 0 Å². The van der Waals surface area contributed by atoms with E-state index in [0.29, 0.717) is 11.0 Å². The smallest absolute Gasteiger partial charge is 0.107 e. The van der Waals surface area contributed by atoms with E-state index in [2.05, 4.69) is 47.7 Å². The van der Waals surface area contributed by atoms with E-state index in [1.165, 1.54) is 0 Å². The number of hydrogen-bond acceptors (Lipinski definition) is 2. The summed E-state index contributed by atoms with van der Waals surface area (Å²) in [6.45, 7) is 7.50. The Kier molecular flexibility index (Phi) is 5.40. The van der Waals surface area contributed by atoms with E-state index in [9.17, 15) is 0 Å². The van der Waals surface area contributed by atoms with Gasteiger partial charge in [0.2, 0.25) is 0 Å². The van der Waals surface area contributed by atoms with Gasteiger partial charge in [-0.25, -0.2) is 0 Å². The van der Waals surface area contributed by atoms with Crippen molar-refractivity contribution in [2.45, 2.75) is 33.2 Å². The lowest BCUT2D eigenvalue weighted by atomic mass is 10.1. The van der Waals surface area contributed by atoms with Crippen molar-refractivity contribution in [2.75, 3.05) is 11.4 Å². The monoisotopic (exact) mass is 314 g/mol. The summed E-state index contributed by atoms with van der Waals surface area (Å²) >= 11 is 8.67. The number of halogens is 1. The van der Waals surface area contributed by atoms with Crippen LogP contribution in [0.5, 0.6) is 0 Å². The highest BCUT2D eigenvalue weighted by Crippen LogP contribution is 2.29. The number of thiocarbonyl (C=S) groups is 1. The molecular weight excluding hydrogens is 296 g/mol. The van der Waals surface area contributed by atoms with Crippen LogP contribution >= 0.6 is 28.1 Å². The van der Waals surface area contributed by atoms with Crippen LogP contribution < -0.4 is 10.6 Å². The first-order chi connectivity index (χ1) is 8.02. The van der Waals surface area contributed by atoms with E-state index in [4.69, 9.17) is 18.0 Å². The van der Waals surface area contributed by atoms with Gasteiger partial charge >= 0.3 is 0 Å². The number of hydrogen-bond donors (Lipinski definition) is 1. The largest absolute Gasteiger partial charge is 0.389 e. The molecule has 0 aromatic heterocycles. The summed E-state index contributed by atoms with van der Waals surface area (Å²) in [6.07, 6.45) is 1.09. The van der Waals surface area contributed by atoms with Crippen LogP contribution in [-0.2, 0) is 0 Å². The molecule has 0 bridgehead atoms. The maximum absolute atomic E-state index is 5.82. The van der Waals surface area contributed by atoms with Gasteiger partial charge in [0.15, 0.2) is 0 Å². The van der Waals surface area contributed by atoms with Crippen LogP contribution in [0.15, 0.2) is 22.7 Å². The summed E-state index contributed by atoms with van der Waals surface area (Å²) in [6, 6.07) is 6.55. The number of nitrogens with zero attached hydrogens (tertiary/aromatic N) is 1. The van der Waals surface area contributed by atoms with Gasteiger partial charge in [0.25, 0.3) is 0 Å². The molecule has 2 nitrogen and oxygen atoms in total. The normalized spacial score (nSPS) is 12.2. The third kappa shape index (κ3) is 3.19. The third-order valence-corrected chi connectivity index (χ3v) is 3.88. The molecule has 0 spiro atoms. The van der Waals surface area contributed by atoms with Crippen molar-refractivity contribution in [2.24, 2.45) is 5.73 Å². The van der Waals surface area contributed by atoms with Gasteiger partial charge in [-0.1, -0.05) is 25.2 Å². The summed E-state index contributed by atoms with van der Waals surface area (Å²) in [5, 5.41) is 0. The molecule has 0 saturated heterocycles. The molecule has 4 heteroatoms. The van der Waals surface area contributed by atoms with Crippen molar-refractivity contribution in [1.82, 2.24) is 0 Å². The van der Waals surface area contributed by atoms with Gasteiger partial charge in [0, 0.05) is 28.3 Å². The number of benzene rings is 1. The maximum atomic E-state index is 5.82. The van der Waals surface area contributed by atoms with Gasteiger partial charge in [-0.2, -0.15) is 0 Å². The average Bonchev–Trinajstić information content (AvgIpc) is 2.29. The highest BCUT2D eigenvalue weighted by molar-refractivity contribution is 9.10. The first kappa shape index (κ1) is 14.5. The van der Waals surface area contributed by atoms with Crippen LogP contribution in [0, 0.1) is 0 Å². The molecule has 0 saturated carbocycles. The van der Waals surface area contributed by atoms with E-state index >= 15 is 0 Å². The van der Waals surface area contributed by atoms with Crippen LogP contribution in [0.2, 0.25) is 0 Å². The minimum Gasteiger partial charge on any atom is -0.389 e. The summed E-state index contributed by atoms with van der Waals surface area (Å²) in [5.74, 6) is 0. The molecule has 0 aliphatic carbocycles. The predicted octanol–water partition coefficient (Wildman–Crippen LogP) is 3.71. The molecule has 1 unspecified atom stereocenters. The van der Waals surface area contributed by atoms with Gasteiger partial charge in [0.1, 0.15) is 4.99 Å². The number of nitrogens with two attached hydrogens (primary N) is 1. The van der Waals surface area contributed by atoms with E-state index < -0.39 is 0 Å². The summed E-state index contributed by atoms with van der Waals surface area (Å²) in [5.41, 5.74) is 7.87. The van der Waals surface area contributed by atoms with Crippen LogP contribution in [0.3, 0.4) is 0 Å². The topological polar surface area (TPSA) is 29.3 Å². The number of rotatable bonds is 5. The fraction of sp³-hybridized carbons (Fsp3) is 0.462. The third-order valence-electron chi connectivity index (χ3n) is 3.01. The average molecular weight is 315 g/mol. The molecule has 1 atom stereocenters. The van der Waals surface area contributed by atoms with Crippen LogP contribution in [0.25, 0.3) is 0 Å². The Bertz CT molecular complexity index is 406. The quantitative estimate of drug-likeness (QED) is 0.840. The van der Waals surface area contributed by atoms with Crippen molar-refractivity contribution in [1.29, 1.82) is 0 Å². The van der Waals surface area contributed by atoms with Gasteiger partial charge < -0.3 is 10.6 Å². The summed E-state index contributed by atoms with van der Waals surface area (Å²) in [7, 11) is 0. The Balaban J connectivity index is 3.28. The first-order valence-corrected chi connectivity index (χ1v) is 7.07. The minimum atomic E-state index is 0.439. The van der Waals surface area contributed by atoms with Crippen molar-refractivity contribution >= 4 is 38.8 Å². The molecule has 17 heavy (non-hydrogen) atoms. The highest BCUT2D eigenvalue weighted by Gasteiger charge is 2.17. The maximum Gasteiger partial charge on any atom is 0.107 e. The van der Waals surface area contributed by atoms with Gasteiger partial charge in [-0.15, -0.1) is 0 Å². The van der Waals surface area contributed by atoms with Crippen LogP contribution in [0.1, 0.15) is 32.8 Å². The van der Waals surface area contributed by atoms with Crippen LogP contribution in [-0.4, -0.2) is 17.6 Å². The Morgan fingerprint density at radius 1 is 1.47 bits per heavy atom. The summed E-state index contributed by atoms with van der Waals surface area (Å²) < 4.78 is 0.962. The molecule has 0 fully saturated rings. The summed E-state index contributed by atoms with van der Waals surface area (Å²) in [4.78, 5) is 2.77. The molecular formula is C13H19BrN2S. The van der Waals surface area contributed by atoms with E-state index in [-0.39, 0.29) is 0 Å². The zero-order valence-electron chi connectivity index (χ0n) is 10.5. The van der Waals surface area contributed by atoms with Gasteiger partial charge in [0.05, 0.1) is 0 Å². The van der Waals surface area contributed by atoms with Crippen LogP contribution in [0.4, 0.5) is 5.69 Å². The zero-order chi connectivity index (χ0) is 13.0. The Morgan fingerprint density at radius 3 is 2.59 bits per heavy atom. The fourth-order valence-corrected chi connectivity index (χ4v) is 2.85. The minimum absolute atomic E-state index is 0.439. The van der Waals surface area contributed by atoms with Crippen molar-refractivity contribution in [3.63, 3.8) is 0 Å². The molecule has 0 aliphatic heterocycles. The van der Waals surface area contributed by atoms with Gasteiger partial charge in [-0.05, 0) is 48.3 Å². The van der Waals surface area contributed by atoms with Gasteiger partial charge in [-0.3, -0.25) is 0 Å². The van der Waals surface area contributed by atoms with E-state index in [0.717, 1.165) is 28.7 Å². The first-order valence-electron chi connectivity index (χ1n) is 5.87. The van der Waals surface area contributed by atoms with Crippen molar-refractivity contribution in [3.05, 3.63) is 28.2 Å². The molecule has 0 amide bonds. The molecule has 1 aromatic rings. The molecule has 0 heterocycles. The van der Waals surface area contributed by atoms with Crippen molar-refractivity contribution in [3.8, 4) is 0 Å². The molecule has 1 rings (SSSR count). The Morgan fingerprint density at radius 2 is 2.12 bits per heavy atom. The number of anilines is 1. The molecule has 1 aromatic carbocycles.